The molecule has 0 radical (unpaired) electrons. The molecule has 1 heterocycles. The molecule has 0 bridgehead atoms. The van der Waals surface area contributed by atoms with Gasteiger partial charge in [0, 0.05) is 38.5 Å². The second-order valence-corrected chi connectivity index (χ2v) is 7.36. The van der Waals surface area contributed by atoms with E-state index in [4.69, 9.17) is 4.74 Å². The van der Waals surface area contributed by atoms with Gasteiger partial charge in [-0.25, -0.2) is 0 Å². The van der Waals surface area contributed by atoms with Crippen LogP contribution in [0.5, 0.6) is 0 Å². The van der Waals surface area contributed by atoms with Gasteiger partial charge < -0.3 is 15.4 Å². The van der Waals surface area contributed by atoms with Crippen molar-refractivity contribution in [1.82, 2.24) is 20.4 Å². The fourth-order valence-electron chi connectivity index (χ4n) is 3.84. The molecule has 0 aliphatic heterocycles. The van der Waals surface area contributed by atoms with Gasteiger partial charge >= 0.3 is 0 Å². The first-order valence-electron chi connectivity index (χ1n) is 10.1. The molecular formula is C20H38IN5O. The number of hydrogen-bond donors (Lipinski definition) is 2. The zero-order valence-electron chi connectivity index (χ0n) is 17.5. The van der Waals surface area contributed by atoms with Gasteiger partial charge in [0.1, 0.15) is 0 Å². The van der Waals surface area contributed by atoms with Crippen LogP contribution in [0.15, 0.2) is 4.99 Å². The van der Waals surface area contributed by atoms with E-state index >= 15 is 0 Å². The van der Waals surface area contributed by atoms with Gasteiger partial charge in [-0.15, -0.1) is 24.0 Å². The molecule has 6 nitrogen and oxygen atoms in total. The third-order valence-electron chi connectivity index (χ3n) is 5.50. The lowest BCUT2D eigenvalue weighted by molar-refractivity contribution is 0.182. The van der Waals surface area contributed by atoms with Crippen LogP contribution in [-0.4, -0.2) is 43.0 Å². The van der Waals surface area contributed by atoms with Crippen LogP contribution in [0.3, 0.4) is 0 Å². The Balaban J connectivity index is 0.00000364. The number of nitrogens with zero attached hydrogens (tertiary/aromatic N) is 3. The van der Waals surface area contributed by atoms with Crippen molar-refractivity contribution in [1.29, 1.82) is 0 Å². The van der Waals surface area contributed by atoms with E-state index in [0.29, 0.717) is 6.61 Å². The van der Waals surface area contributed by atoms with E-state index in [-0.39, 0.29) is 24.0 Å². The lowest BCUT2D eigenvalue weighted by Gasteiger charge is -2.13. The number of aryl methyl sites for hydroxylation is 1. The Kier molecular flexibility index (Phi) is 12.0. The van der Waals surface area contributed by atoms with Crippen molar-refractivity contribution in [3.05, 3.63) is 17.0 Å². The van der Waals surface area contributed by atoms with E-state index in [1.165, 1.54) is 56.2 Å². The summed E-state index contributed by atoms with van der Waals surface area (Å²) >= 11 is 0. The zero-order valence-corrected chi connectivity index (χ0v) is 19.8. The molecule has 1 aliphatic carbocycles. The predicted molar refractivity (Wildman–Crippen MR) is 123 cm³/mol. The highest BCUT2D eigenvalue weighted by molar-refractivity contribution is 14.0. The largest absolute Gasteiger partial charge is 0.383 e. The molecule has 0 atom stereocenters. The summed E-state index contributed by atoms with van der Waals surface area (Å²) in [6.45, 7) is 7.37. The summed E-state index contributed by atoms with van der Waals surface area (Å²) in [7, 11) is 3.55. The quantitative estimate of drug-likeness (QED) is 0.226. The van der Waals surface area contributed by atoms with Crippen LogP contribution in [0.25, 0.3) is 0 Å². The van der Waals surface area contributed by atoms with Crippen LogP contribution in [0.2, 0.25) is 0 Å². The molecule has 0 spiro atoms. The second-order valence-electron chi connectivity index (χ2n) is 7.36. The third kappa shape index (κ3) is 7.97. The lowest BCUT2D eigenvalue weighted by Crippen LogP contribution is -2.37. The molecule has 1 saturated carbocycles. The fraction of sp³-hybridized carbons (Fsp3) is 0.800. The first kappa shape index (κ1) is 24.2. The van der Waals surface area contributed by atoms with Crippen molar-refractivity contribution >= 4 is 29.9 Å². The molecule has 2 rings (SSSR count). The van der Waals surface area contributed by atoms with Crippen molar-refractivity contribution in [2.75, 3.05) is 27.3 Å². The van der Waals surface area contributed by atoms with E-state index in [9.17, 15) is 0 Å². The van der Waals surface area contributed by atoms with Crippen molar-refractivity contribution in [2.45, 2.75) is 71.9 Å². The molecule has 2 N–H and O–H groups in total. The monoisotopic (exact) mass is 491 g/mol. The first-order valence-corrected chi connectivity index (χ1v) is 10.1. The van der Waals surface area contributed by atoms with Crippen LogP contribution in [0.4, 0.5) is 0 Å². The predicted octanol–water partition coefficient (Wildman–Crippen LogP) is 3.79. The van der Waals surface area contributed by atoms with E-state index in [1.807, 2.05) is 11.7 Å². The molecule has 27 heavy (non-hydrogen) atoms. The van der Waals surface area contributed by atoms with Crippen molar-refractivity contribution in [3.8, 4) is 0 Å². The van der Waals surface area contributed by atoms with E-state index in [1.54, 1.807) is 7.11 Å². The number of aliphatic imine (C=N–C) groups is 1. The van der Waals surface area contributed by atoms with Crippen LogP contribution in [0, 0.1) is 19.8 Å². The summed E-state index contributed by atoms with van der Waals surface area (Å²) in [6, 6.07) is 0. The number of hydrogen-bond acceptors (Lipinski definition) is 3. The molecule has 1 aliphatic rings. The molecule has 156 valence electrons. The van der Waals surface area contributed by atoms with Crippen molar-refractivity contribution in [2.24, 2.45) is 10.9 Å². The number of guanidine groups is 1. The lowest BCUT2D eigenvalue weighted by atomic mass is 10.0. The maximum Gasteiger partial charge on any atom is 0.191 e. The number of unbranched alkanes of at least 4 members (excludes halogenated alkanes) is 1. The summed E-state index contributed by atoms with van der Waals surface area (Å²) in [5, 5.41) is 11.5. The summed E-state index contributed by atoms with van der Waals surface area (Å²) in [5.41, 5.74) is 3.50. The minimum atomic E-state index is 0. The van der Waals surface area contributed by atoms with Gasteiger partial charge in [0.05, 0.1) is 18.8 Å². The molecule has 0 saturated heterocycles. The molecule has 7 heteroatoms. The summed E-state index contributed by atoms with van der Waals surface area (Å²) < 4.78 is 7.18. The average Bonchev–Trinajstić information content (AvgIpc) is 3.24. The van der Waals surface area contributed by atoms with Gasteiger partial charge in [-0.2, -0.15) is 5.10 Å². The van der Waals surface area contributed by atoms with Gasteiger partial charge in [0.25, 0.3) is 0 Å². The average molecular weight is 491 g/mol. The van der Waals surface area contributed by atoms with E-state index < -0.39 is 0 Å². The Labute approximate surface area is 181 Å². The first-order chi connectivity index (χ1) is 12.7. The zero-order chi connectivity index (χ0) is 18.8. The van der Waals surface area contributed by atoms with Gasteiger partial charge in [-0.3, -0.25) is 9.67 Å². The Bertz CT molecular complexity index is 567. The van der Waals surface area contributed by atoms with Gasteiger partial charge in [-0.05, 0) is 26.2 Å². The minimum absolute atomic E-state index is 0. The smallest absolute Gasteiger partial charge is 0.191 e. The van der Waals surface area contributed by atoms with Gasteiger partial charge in [-0.1, -0.05) is 38.5 Å². The van der Waals surface area contributed by atoms with Crippen LogP contribution < -0.4 is 10.6 Å². The molecule has 1 aromatic rings. The normalized spacial score (nSPS) is 15.0. The Hall–Kier alpha value is -0.830. The number of methoxy groups -OCH3 is 1. The maximum absolute atomic E-state index is 5.16. The Morgan fingerprint density at radius 2 is 1.96 bits per heavy atom. The molecule has 0 amide bonds. The van der Waals surface area contributed by atoms with Crippen LogP contribution >= 0.6 is 24.0 Å². The van der Waals surface area contributed by atoms with E-state index in [0.717, 1.165) is 37.2 Å². The van der Waals surface area contributed by atoms with Crippen molar-refractivity contribution < 1.29 is 4.74 Å². The standard InChI is InChI=1S/C20H37N5O.HI/c1-16-19(17(2)25(24-16)13-14-26-4)15-23-20(21-3)22-12-8-7-11-18-9-5-6-10-18;/h18H,5-15H2,1-4H3,(H2,21,22,23);1H. The fourth-order valence-corrected chi connectivity index (χ4v) is 3.84. The minimum Gasteiger partial charge on any atom is -0.383 e. The molecular weight excluding hydrogens is 453 g/mol. The molecule has 1 aromatic heterocycles. The third-order valence-corrected chi connectivity index (χ3v) is 5.50. The van der Waals surface area contributed by atoms with Gasteiger partial charge in [0.15, 0.2) is 5.96 Å². The Morgan fingerprint density at radius 3 is 2.63 bits per heavy atom. The topological polar surface area (TPSA) is 63.5 Å². The van der Waals surface area contributed by atoms with E-state index in [2.05, 4.69) is 34.6 Å². The van der Waals surface area contributed by atoms with Crippen molar-refractivity contribution in [3.63, 3.8) is 0 Å². The molecule has 0 aromatic carbocycles. The van der Waals surface area contributed by atoms with Gasteiger partial charge in [0.2, 0.25) is 0 Å². The maximum atomic E-state index is 5.16. The molecule has 0 unspecified atom stereocenters. The Morgan fingerprint density at radius 1 is 1.22 bits per heavy atom. The molecule has 1 fully saturated rings. The highest BCUT2D eigenvalue weighted by atomic mass is 127. The number of halogens is 1. The highest BCUT2D eigenvalue weighted by Gasteiger charge is 2.14. The van der Waals surface area contributed by atoms with Crippen LogP contribution in [-0.2, 0) is 17.8 Å². The summed E-state index contributed by atoms with van der Waals surface area (Å²) in [4.78, 5) is 4.34. The van der Waals surface area contributed by atoms with Crippen LogP contribution in [0.1, 0.15) is 61.9 Å². The highest BCUT2D eigenvalue weighted by Crippen LogP contribution is 2.28. The number of ether oxygens (including phenoxy) is 1. The number of rotatable bonds is 10. The summed E-state index contributed by atoms with van der Waals surface area (Å²) in [5.74, 6) is 1.86. The SMILES string of the molecule is CN=C(NCCCCC1CCCC1)NCc1c(C)nn(CCOC)c1C.I. The number of nitrogens with one attached hydrogen (secondary N) is 2. The number of aromatic nitrogens is 2. The second kappa shape index (κ2) is 13.4. The summed E-state index contributed by atoms with van der Waals surface area (Å²) in [6.07, 6.45) is 9.72.